The number of thiophene rings is 1. The Bertz CT molecular complexity index is 389. The molecule has 0 spiro atoms. The lowest BCUT2D eigenvalue weighted by Crippen LogP contribution is -2.48. The molecule has 0 saturated carbocycles. The van der Waals surface area contributed by atoms with Crippen LogP contribution < -0.4 is 0 Å². The van der Waals surface area contributed by atoms with Crippen molar-refractivity contribution in [2.45, 2.75) is 26.0 Å². The SMILES string of the molecule is CCc1ccc(CN2CCN(CC(O)COC)CC2)s1. The normalized spacial score (nSPS) is 19.4. The van der Waals surface area contributed by atoms with Gasteiger partial charge in [0.2, 0.25) is 0 Å². The molecule has 0 radical (unpaired) electrons. The van der Waals surface area contributed by atoms with E-state index in [1.807, 2.05) is 11.3 Å². The molecule has 1 saturated heterocycles. The minimum atomic E-state index is -0.365. The summed E-state index contributed by atoms with van der Waals surface area (Å²) in [7, 11) is 1.63. The molecular formula is C15H26N2O2S. The van der Waals surface area contributed by atoms with E-state index >= 15 is 0 Å². The molecular weight excluding hydrogens is 272 g/mol. The van der Waals surface area contributed by atoms with Crippen LogP contribution in [0.3, 0.4) is 0 Å². The molecule has 0 aliphatic carbocycles. The topological polar surface area (TPSA) is 35.9 Å². The van der Waals surface area contributed by atoms with Crippen LogP contribution >= 0.6 is 11.3 Å². The van der Waals surface area contributed by atoms with E-state index in [1.54, 1.807) is 7.11 Å². The summed E-state index contributed by atoms with van der Waals surface area (Å²) in [5.74, 6) is 0. The molecule has 1 aromatic rings. The Morgan fingerprint density at radius 1 is 1.20 bits per heavy atom. The number of rotatable bonds is 7. The lowest BCUT2D eigenvalue weighted by molar-refractivity contribution is 0.0231. The molecule has 0 aromatic carbocycles. The van der Waals surface area contributed by atoms with Crippen LogP contribution in [0.1, 0.15) is 16.7 Å². The molecule has 114 valence electrons. The molecule has 1 aliphatic rings. The van der Waals surface area contributed by atoms with E-state index in [2.05, 4.69) is 28.9 Å². The predicted molar refractivity (Wildman–Crippen MR) is 83.3 cm³/mol. The van der Waals surface area contributed by atoms with E-state index in [9.17, 15) is 5.11 Å². The van der Waals surface area contributed by atoms with Gasteiger partial charge >= 0.3 is 0 Å². The smallest absolute Gasteiger partial charge is 0.0900 e. The van der Waals surface area contributed by atoms with Gasteiger partial charge in [-0.05, 0) is 18.6 Å². The van der Waals surface area contributed by atoms with Crippen molar-refractivity contribution in [1.82, 2.24) is 9.80 Å². The third-order valence-electron chi connectivity index (χ3n) is 3.74. The lowest BCUT2D eigenvalue weighted by Gasteiger charge is -2.35. The molecule has 1 unspecified atom stereocenters. The van der Waals surface area contributed by atoms with Gasteiger partial charge in [-0.25, -0.2) is 0 Å². The maximum Gasteiger partial charge on any atom is 0.0900 e. The molecule has 2 rings (SSSR count). The Morgan fingerprint density at radius 3 is 2.45 bits per heavy atom. The number of aliphatic hydroxyl groups excluding tert-OH is 1. The third kappa shape index (κ3) is 4.82. The number of nitrogens with zero attached hydrogens (tertiary/aromatic N) is 2. The quantitative estimate of drug-likeness (QED) is 0.826. The van der Waals surface area contributed by atoms with Crippen molar-refractivity contribution in [2.24, 2.45) is 0 Å². The van der Waals surface area contributed by atoms with Crippen LogP contribution in [-0.2, 0) is 17.7 Å². The summed E-state index contributed by atoms with van der Waals surface area (Å²) in [6, 6.07) is 4.51. The number of hydrogen-bond acceptors (Lipinski definition) is 5. The van der Waals surface area contributed by atoms with E-state index < -0.39 is 0 Å². The van der Waals surface area contributed by atoms with Gasteiger partial charge in [-0.3, -0.25) is 9.80 Å². The van der Waals surface area contributed by atoms with Crippen LogP contribution in [0.25, 0.3) is 0 Å². The van der Waals surface area contributed by atoms with Crippen LogP contribution in [0.2, 0.25) is 0 Å². The highest BCUT2D eigenvalue weighted by molar-refractivity contribution is 7.11. The monoisotopic (exact) mass is 298 g/mol. The highest BCUT2D eigenvalue weighted by Gasteiger charge is 2.19. The number of methoxy groups -OCH3 is 1. The fraction of sp³-hybridized carbons (Fsp3) is 0.733. The molecule has 0 bridgehead atoms. The molecule has 1 fully saturated rings. The zero-order valence-corrected chi connectivity index (χ0v) is 13.4. The summed E-state index contributed by atoms with van der Waals surface area (Å²) < 4.78 is 4.97. The van der Waals surface area contributed by atoms with Crippen LogP contribution in [0.15, 0.2) is 12.1 Å². The first kappa shape index (κ1) is 15.9. The third-order valence-corrected chi connectivity index (χ3v) is 4.95. The summed E-state index contributed by atoms with van der Waals surface area (Å²) in [6.45, 7) is 8.66. The zero-order valence-electron chi connectivity index (χ0n) is 12.5. The molecule has 1 atom stereocenters. The number of aliphatic hydroxyl groups is 1. The molecule has 20 heavy (non-hydrogen) atoms. The average molecular weight is 298 g/mol. The lowest BCUT2D eigenvalue weighted by atomic mass is 10.2. The Balaban J connectivity index is 1.71. The predicted octanol–water partition coefficient (Wildman–Crippen LogP) is 1.44. The van der Waals surface area contributed by atoms with Crippen LogP contribution in [0.5, 0.6) is 0 Å². The second-order valence-electron chi connectivity index (χ2n) is 5.41. The number of ether oxygens (including phenoxy) is 1. The molecule has 1 N–H and O–H groups in total. The first-order valence-corrected chi connectivity index (χ1v) is 8.22. The minimum absolute atomic E-state index is 0.365. The number of hydrogen-bond donors (Lipinski definition) is 1. The number of β-amino-alcohol motifs (C(OH)–C–C–N with tert-alkyl or cyclic N) is 1. The molecule has 1 aliphatic heterocycles. The second-order valence-corrected chi connectivity index (χ2v) is 6.66. The summed E-state index contributed by atoms with van der Waals surface area (Å²) in [4.78, 5) is 7.77. The highest BCUT2D eigenvalue weighted by atomic mass is 32.1. The van der Waals surface area contributed by atoms with E-state index in [-0.39, 0.29) is 6.10 Å². The van der Waals surface area contributed by atoms with E-state index in [0.29, 0.717) is 6.61 Å². The summed E-state index contributed by atoms with van der Waals surface area (Å²) in [6.07, 6.45) is 0.770. The summed E-state index contributed by atoms with van der Waals surface area (Å²) in [5, 5.41) is 9.75. The van der Waals surface area contributed by atoms with Gasteiger partial charge in [0.05, 0.1) is 12.7 Å². The van der Waals surface area contributed by atoms with Gasteiger partial charge in [-0.15, -0.1) is 11.3 Å². The minimum Gasteiger partial charge on any atom is -0.389 e. The van der Waals surface area contributed by atoms with Gasteiger partial charge < -0.3 is 9.84 Å². The molecule has 4 nitrogen and oxygen atoms in total. The van der Waals surface area contributed by atoms with Crippen molar-refractivity contribution in [3.05, 3.63) is 21.9 Å². The van der Waals surface area contributed by atoms with Crippen molar-refractivity contribution in [1.29, 1.82) is 0 Å². The van der Waals surface area contributed by atoms with Crippen molar-refractivity contribution in [2.75, 3.05) is 46.4 Å². The summed E-state index contributed by atoms with van der Waals surface area (Å²) in [5.41, 5.74) is 0. The van der Waals surface area contributed by atoms with Crippen molar-refractivity contribution < 1.29 is 9.84 Å². The molecule has 5 heteroatoms. The first-order valence-electron chi connectivity index (χ1n) is 7.40. The van der Waals surface area contributed by atoms with E-state index in [0.717, 1.165) is 45.7 Å². The highest BCUT2D eigenvalue weighted by Crippen LogP contribution is 2.19. The Labute approximate surface area is 126 Å². The molecule has 1 aromatic heterocycles. The Kier molecular flexibility index (Phi) is 6.45. The average Bonchev–Trinajstić information content (AvgIpc) is 2.89. The van der Waals surface area contributed by atoms with E-state index in [1.165, 1.54) is 9.75 Å². The fourth-order valence-corrected chi connectivity index (χ4v) is 3.59. The Hall–Kier alpha value is -0.460. The van der Waals surface area contributed by atoms with Gasteiger partial charge in [0.1, 0.15) is 0 Å². The van der Waals surface area contributed by atoms with Crippen LogP contribution in [0, 0.1) is 0 Å². The number of piperazine rings is 1. The second kappa shape index (κ2) is 8.10. The largest absolute Gasteiger partial charge is 0.389 e. The van der Waals surface area contributed by atoms with E-state index in [4.69, 9.17) is 4.74 Å². The van der Waals surface area contributed by atoms with Crippen LogP contribution in [-0.4, -0.2) is 67.5 Å². The van der Waals surface area contributed by atoms with Gasteiger partial charge in [-0.2, -0.15) is 0 Å². The molecule has 0 amide bonds. The van der Waals surface area contributed by atoms with Gasteiger partial charge in [-0.1, -0.05) is 6.92 Å². The standard InChI is InChI=1S/C15H26N2O2S/c1-3-14-4-5-15(20-14)11-17-8-6-16(7-9-17)10-13(18)12-19-2/h4-5,13,18H,3,6-12H2,1-2H3. The maximum absolute atomic E-state index is 9.75. The fourth-order valence-electron chi connectivity index (χ4n) is 2.59. The first-order chi connectivity index (χ1) is 9.71. The van der Waals surface area contributed by atoms with Gasteiger partial charge in [0.15, 0.2) is 0 Å². The van der Waals surface area contributed by atoms with Gasteiger partial charge in [0.25, 0.3) is 0 Å². The Morgan fingerprint density at radius 2 is 1.85 bits per heavy atom. The van der Waals surface area contributed by atoms with Gasteiger partial charge in [0, 0.05) is 56.1 Å². The molecule has 2 heterocycles. The van der Waals surface area contributed by atoms with Crippen molar-refractivity contribution >= 4 is 11.3 Å². The van der Waals surface area contributed by atoms with Crippen molar-refractivity contribution in [3.8, 4) is 0 Å². The maximum atomic E-state index is 9.75. The van der Waals surface area contributed by atoms with Crippen molar-refractivity contribution in [3.63, 3.8) is 0 Å². The van der Waals surface area contributed by atoms with Crippen LogP contribution in [0.4, 0.5) is 0 Å². The summed E-state index contributed by atoms with van der Waals surface area (Å²) >= 11 is 1.93. The zero-order chi connectivity index (χ0) is 14.4. The number of aryl methyl sites for hydroxylation is 1.